The van der Waals surface area contributed by atoms with Gasteiger partial charge in [-0.15, -0.1) is 0 Å². The molecular weight excluding hydrogens is 300 g/mol. The number of hydrogen-bond acceptors (Lipinski definition) is 4. The third kappa shape index (κ3) is 4.00. The summed E-state index contributed by atoms with van der Waals surface area (Å²) in [4.78, 5) is 4.07. The Morgan fingerprint density at radius 3 is 2.54 bits per heavy atom. The highest BCUT2D eigenvalue weighted by Crippen LogP contribution is 2.20. The lowest BCUT2D eigenvalue weighted by Crippen LogP contribution is -2.16. The molecule has 0 spiro atoms. The molecule has 5 heteroatoms. The first-order chi connectivity index (χ1) is 11.8. The average molecular weight is 322 g/mol. The maximum Gasteiger partial charge on any atom is 0.118 e. The zero-order valence-electron chi connectivity index (χ0n) is 14.1. The van der Waals surface area contributed by atoms with Crippen molar-refractivity contribution in [2.45, 2.75) is 13.0 Å². The highest BCUT2D eigenvalue weighted by Gasteiger charge is 2.09. The standard InChI is InChI=1S/C19H22N4O/c1-23-14-17(19(22-23)16-8-11-20-12-9-16)13-21-10-7-15-3-5-18(24-2)6-4-15/h3-6,8-9,11-12,14,21H,7,10,13H2,1-2H3. The second kappa shape index (κ2) is 7.75. The molecule has 124 valence electrons. The summed E-state index contributed by atoms with van der Waals surface area (Å²) in [7, 11) is 3.64. The molecule has 3 rings (SSSR count). The first kappa shape index (κ1) is 16.2. The van der Waals surface area contributed by atoms with Gasteiger partial charge in [0.1, 0.15) is 5.75 Å². The zero-order chi connectivity index (χ0) is 16.8. The number of nitrogens with zero attached hydrogens (tertiary/aromatic N) is 3. The van der Waals surface area contributed by atoms with Crippen LogP contribution in [0.1, 0.15) is 11.1 Å². The minimum absolute atomic E-state index is 0.793. The SMILES string of the molecule is COc1ccc(CCNCc2cn(C)nc2-c2ccncc2)cc1. The Balaban J connectivity index is 1.57. The molecule has 0 amide bonds. The van der Waals surface area contributed by atoms with E-state index in [2.05, 4.69) is 33.7 Å². The van der Waals surface area contributed by atoms with Crippen LogP contribution in [0.5, 0.6) is 5.75 Å². The van der Waals surface area contributed by atoms with Crippen LogP contribution in [0, 0.1) is 0 Å². The molecule has 0 unspecified atom stereocenters. The molecule has 0 aliphatic heterocycles. The number of hydrogen-bond donors (Lipinski definition) is 1. The Morgan fingerprint density at radius 2 is 1.83 bits per heavy atom. The molecule has 0 aliphatic rings. The molecule has 0 radical (unpaired) electrons. The number of benzene rings is 1. The van der Waals surface area contributed by atoms with Gasteiger partial charge in [0.05, 0.1) is 12.8 Å². The van der Waals surface area contributed by atoms with Crippen LogP contribution in [-0.4, -0.2) is 28.4 Å². The summed E-state index contributed by atoms with van der Waals surface area (Å²) in [5.41, 5.74) is 4.59. The molecule has 0 saturated carbocycles. The van der Waals surface area contributed by atoms with Crippen molar-refractivity contribution in [2.24, 2.45) is 7.05 Å². The number of aromatic nitrogens is 3. The molecule has 0 atom stereocenters. The summed E-state index contributed by atoms with van der Waals surface area (Å²) in [6.45, 7) is 1.71. The normalized spacial score (nSPS) is 10.8. The summed E-state index contributed by atoms with van der Waals surface area (Å²) in [6.07, 6.45) is 6.64. The largest absolute Gasteiger partial charge is 0.497 e. The first-order valence-electron chi connectivity index (χ1n) is 8.03. The highest BCUT2D eigenvalue weighted by atomic mass is 16.5. The van der Waals surface area contributed by atoms with Gasteiger partial charge in [0.2, 0.25) is 0 Å². The van der Waals surface area contributed by atoms with E-state index in [9.17, 15) is 0 Å². The number of rotatable bonds is 7. The van der Waals surface area contributed by atoms with Gasteiger partial charge >= 0.3 is 0 Å². The molecule has 3 aromatic rings. The Kier molecular flexibility index (Phi) is 5.23. The zero-order valence-corrected chi connectivity index (χ0v) is 14.1. The fourth-order valence-electron chi connectivity index (χ4n) is 2.67. The van der Waals surface area contributed by atoms with Crippen LogP contribution >= 0.6 is 0 Å². The van der Waals surface area contributed by atoms with Crippen LogP contribution in [0.3, 0.4) is 0 Å². The fraction of sp³-hybridized carbons (Fsp3) is 0.263. The Morgan fingerprint density at radius 1 is 1.08 bits per heavy atom. The van der Waals surface area contributed by atoms with E-state index in [4.69, 9.17) is 4.74 Å². The van der Waals surface area contributed by atoms with Gasteiger partial charge in [0, 0.05) is 43.3 Å². The van der Waals surface area contributed by atoms with E-state index in [-0.39, 0.29) is 0 Å². The van der Waals surface area contributed by atoms with Crippen LogP contribution in [0.2, 0.25) is 0 Å². The van der Waals surface area contributed by atoms with Crippen molar-refractivity contribution in [3.63, 3.8) is 0 Å². The highest BCUT2D eigenvalue weighted by molar-refractivity contribution is 5.61. The quantitative estimate of drug-likeness (QED) is 0.680. The molecule has 0 saturated heterocycles. The van der Waals surface area contributed by atoms with Crippen molar-refractivity contribution in [2.75, 3.05) is 13.7 Å². The lowest BCUT2D eigenvalue weighted by molar-refractivity contribution is 0.414. The predicted octanol–water partition coefficient (Wildman–Crippen LogP) is 2.82. The van der Waals surface area contributed by atoms with E-state index < -0.39 is 0 Å². The molecule has 5 nitrogen and oxygen atoms in total. The summed E-state index contributed by atoms with van der Waals surface area (Å²) in [6, 6.07) is 12.2. The number of nitrogens with one attached hydrogen (secondary N) is 1. The van der Waals surface area contributed by atoms with Gasteiger partial charge in [-0.25, -0.2) is 0 Å². The Hall–Kier alpha value is -2.66. The maximum absolute atomic E-state index is 5.18. The first-order valence-corrected chi connectivity index (χ1v) is 8.03. The Bertz CT molecular complexity index is 766. The molecule has 1 aromatic carbocycles. The average Bonchev–Trinajstić information content (AvgIpc) is 3.01. The molecular formula is C19H22N4O. The van der Waals surface area contributed by atoms with E-state index in [0.717, 1.165) is 36.5 Å². The van der Waals surface area contributed by atoms with Crippen LogP contribution in [0.4, 0.5) is 0 Å². The third-order valence-electron chi connectivity index (χ3n) is 3.92. The lowest BCUT2D eigenvalue weighted by atomic mass is 10.1. The fourth-order valence-corrected chi connectivity index (χ4v) is 2.67. The van der Waals surface area contributed by atoms with E-state index in [1.54, 1.807) is 19.5 Å². The molecule has 0 bridgehead atoms. The van der Waals surface area contributed by atoms with Crippen molar-refractivity contribution in [3.05, 3.63) is 66.1 Å². The molecule has 2 heterocycles. The molecule has 0 fully saturated rings. The van der Waals surface area contributed by atoms with Gasteiger partial charge in [-0.2, -0.15) is 5.10 Å². The summed E-state index contributed by atoms with van der Waals surface area (Å²) >= 11 is 0. The topological polar surface area (TPSA) is 52.0 Å². The number of aryl methyl sites for hydroxylation is 1. The third-order valence-corrected chi connectivity index (χ3v) is 3.92. The van der Waals surface area contributed by atoms with Crippen LogP contribution in [0.25, 0.3) is 11.3 Å². The maximum atomic E-state index is 5.18. The monoisotopic (exact) mass is 322 g/mol. The van der Waals surface area contributed by atoms with Gasteiger partial charge in [-0.05, 0) is 42.8 Å². The van der Waals surface area contributed by atoms with E-state index in [1.165, 1.54) is 11.1 Å². The van der Waals surface area contributed by atoms with E-state index in [1.807, 2.05) is 36.0 Å². The van der Waals surface area contributed by atoms with Crippen LogP contribution < -0.4 is 10.1 Å². The van der Waals surface area contributed by atoms with E-state index in [0.29, 0.717) is 0 Å². The van der Waals surface area contributed by atoms with Crippen LogP contribution in [-0.2, 0) is 20.0 Å². The van der Waals surface area contributed by atoms with Crippen molar-refractivity contribution in [1.82, 2.24) is 20.1 Å². The van der Waals surface area contributed by atoms with Crippen LogP contribution in [0.15, 0.2) is 55.0 Å². The minimum Gasteiger partial charge on any atom is -0.497 e. The summed E-state index contributed by atoms with van der Waals surface area (Å²) in [5.74, 6) is 0.893. The van der Waals surface area contributed by atoms with E-state index >= 15 is 0 Å². The van der Waals surface area contributed by atoms with Gasteiger partial charge in [0.15, 0.2) is 0 Å². The Labute approximate surface area is 142 Å². The number of ether oxygens (including phenoxy) is 1. The van der Waals surface area contributed by atoms with Gasteiger partial charge in [-0.1, -0.05) is 12.1 Å². The number of pyridine rings is 1. The van der Waals surface area contributed by atoms with Crippen molar-refractivity contribution < 1.29 is 4.74 Å². The molecule has 1 N–H and O–H groups in total. The molecule has 0 aliphatic carbocycles. The second-order valence-electron chi connectivity index (χ2n) is 5.69. The predicted molar refractivity (Wildman–Crippen MR) is 94.8 cm³/mol. The van der Waals surface area contributed by atoms with Gasteiger partial charge in [-0.3, -0.25) is 9.67 Å². The van der Waals surface area contributed by atoms with Crippen molar-refractivity contribution in [3.8, 4) is 17.0 Å². The van der Waals surface area contributed by atoms with Gasteiger partial charge in [0.25, 0.3) is 0 Å². The van der Waals surface area contributed by atoms with Crippen molar-refractivity contribution in [1.29, 1.82) is 0 Å². The number of methoxy groups -OCH3 is 1. The van der Waals surface area contributed by atoms with Gasteiger partial charge < -0.3 is 10.1 Å². The molecule has 2 aromatic heterocycles. The summed E-state index contributed by atoms with van der Waals surface area (Å²) in [5, 5.41) is 8.07. The molecule has 24 heavy (non-hydrogen) atoms. The second-order valence-corrected chi connectivity index (χ2v) is 5.69. The minimum atomic E-state index is 0.793. The lowest BCUT2D eigenvalue weighted by Gasteiger charge is -2.06. The summed E-state index contributed by atoms with van der Waals surface area (Å²) < 4.78 is 7.04. The van der Waals surface area contributed by atoms with Crippen molar-refractivity contribution >= 4 is 0 Å². The smallest absolute Gasteiger partial charge is 0.118 e.